The number of hydrogen-bond acceptors (Lipinski definition) is 2. The van der Waals surface area contributed by atoms with Gasteiger partial charge in [0.15, 0.2) is 0 Å². The minimum Gasteiger partial charge on any atom is -0.282 e. The number of halogens is 1. The molecule has 0 unspecified atom stereocenters. The summed E-state index contributed by atoms with van der Waals surface area (Å²) in [6.07, 6.45) is 1.78. The van der Waals surface area contributed by atoms with Gasteiger partial charge in [-0.25, -0.2) is 0 Å². The Balaban J connectivity index is 2.12. The smallest absolute Gasteiger partial charge is 0.111 e. The predicted octanol–water partition coefficient (Wildman–Crippen LogP) is 3.43. The van der Waals surface area contributed by atoms with Gasteiger partial charge in [-0.1, -0.05) is 23.7 Å². The molecule has 2 aromatic heterocycles. The highest BCUT2D eigenvalue weighted by Gasteiger charge is 2.12. The number of rotatable bonds is 2. The first kappa shape index (κ1) is 11.0. The molecule has 0 radical (unpaired) electrons. The fourth-order valence-electron chi connectivity index (χ4n) is 1.90. The molecular formula is C13H11ClN4. The Kier molecular flexibility index (Phi) is 2.64. The Labute approximate surface area is 109 Å². The molecule has 1 aromatic carbocycles. The molecule has 0 aliphatic rings. The van der Waals surface area contributed by atoms with Crippen LogP contribution in [0.1, 0.15) is 5.69 Å². The van der Waals surface area contributed by atoms with Crippen LogP contribution >= 0.6 is 11.6 Å². The van der Waals surface area contributed by atoms with Crippen molar-refractivity contribution in [1.82, 2.24) is 20.4 Å². The maximum Gasteiger partial charge on any atom is 0.111 e. The van der Waals surface area contributed by atoms with Crippen molar-refractivity contribution in [2.24, 2.45) is 0 Å². The molecule has 90 valence electrons. The van der Waals surface area contributed by atoms with Gasteiger partial charge < -0.3 is 0 Å². The SMILES string of the molecule is Cc1cc(-c2[nH]ncc2-c2cccc(Cl)c2)n[nH]1. The van der Waals surface area contributed by atoms with Crippen LogP contribution in [0.3, 0.4) is 0 Å². The quantitative estimate of drug-likeness (QED) is 0.740. The first-order valence-electron chi connectivity index (χ1n) is 5.56. The highest BCUT2D eigenvalue weighted by Crippen LogP contribution is 2.30. The summed E-state index contributed by atoms with van der Waals surface area (Å²) in [4.78, 5) is 0. The van der Waals surface area contributed by atoms with Crippen molar-refractivity contribution in [1.29, 1.82) is 0 Å². The molecule has 0 spiro atoms. The minimum atomic E-state index is 0.706. The van der Waals surface area contributed by atoms with Gasteiger partial charge in [0, 0.05) is 16.3 Å². The molecule has 0 saturated heterocycles. The molecular weight excluding hydrogens is 248 g/mol. The lowest BCUT2D eigenvalue weighted by molar-refractivity contribution is 1.03. The number of H-pyrrole nitrogens is 2. The monoisotopic (exact) mass is 258 g/mol. The van der Waals surface area contributed by atoms with E-state index in [9.17, 15) is 0 Å². The maximum atomic E-state index is 6.01. The third-order valence-electron chi connectivity index (χ3n) is 2.74. The lowest BCUT2D eigenvalue weighted by atomic mass is 10.1. The Morgan fingerprint density at radius 1 is 1.17 bits per heavy atom. The lowest BCUT2D eigenvalue weighted by Gasteiger charge is -2.01. The van der Waals surface area contributed by atoms with Crippen molar-refractivity contribution in [2.75, 3.05) is 0 Å². The number of nitrogens with zero attached hydrogens (tertiary/aromatic N) is 2. The van der Waals surface area contributed by atoms with E-state index in [0.717, 1.165) is 28.2 Å². The number of aromatic amines is 2. The first-order chi connectivity index (χ1) is 8.74. The fourth-order valence-corrected chi connectivity index (χ4v) is 2.09. The molecule has 0 bridgehead atoms. The zero-order chi connectivity index (χ0) is 12.5. The van der Waals surface area contributed by atoms with Crippen LogP contribution < -0.4 is 0 Å². The summed E-state index contributed by atoms with van der Waals surface area (Å²) in [5.41, 5.74) is 4.76. The fraction of sp³-hybridized carbons (Fsp3) is 0.0769. The Bertz CT molecular complexity index is 684. The lowest BCUT2D eigenvalue weighted by Crippen LogP contribution is -1.83. The van der Waals surface area contributed by atoms with E-state index >= 15 is 0 Å². The van der Waals surface area contributed by atoms with Gasteiger partial charge in [0.25, 0.3) is 0 Å². The molecule has 0 atom stereocenters. The van der Waals surface area contributed by atoms with Gasteiger partial charge in [0.1, 0.15) is 5.69 Å². The van der Waals surface area contributed by atoms with E-state index in [0.29, 0.717) is 5.02 Å². The average Bonchev–Trinajstić information content (AvgIpc) is 2.96. The Hall–Kier alpha value is -2.07. The molecule has 2 N–H and O–H groups in total. The molecule has 0 fully saturated rings. The third-order valence-corrected chi connectivity index (χ3v) is 2.97. The van der Waals surface area contributed by atoms with Crippen molar-refractivity contribution in [2.45, 2.75) is 6.92 Å². The van der Waals surface area contributed by atoms with E-state index in [-0.39, 0.29) is 0 Å². The van der Waals surface area contributed by atoms with Crippen LogP contribution in [-0.4, -0.2) is 20.4 Å². The van der Waals surface area contributed by atoms with Crippen LogP contribution in [0, 0.1) is 6.92 Å². The normalized spacial score (nSPS) is 10.8. The van der Waals surface area contributed by atoms with Gasteiger partial charge in [-0.15, -0.1) is 0 Å². The first-order valence-corrected chi connectivity index (χ1v) is 5.93. The highest BCUT2D eigenvalue weighted by molar-refractivity contribution is 6.30. The van der Waals surface area contributed by atoms with Crippen LogP contribution in [-0.2, 0) is 0 Å². The standard InChI is InChI=1S/C13H11ClN4/c1-8-5-12(17-16-8)13-11(7-15-18-13)9-3-2-4-10(14)6-9/h2-7H,1H3,(H,15,18)(H,16,17). The average molecular weight is 259 g/mol. The molecule has 2 heterocycles. The number of aromatic nitrogens is 4. The van der Waals surface area contributed by atoms with E-state index in [1.54, 1.807) is 6.20 Å². The van der Waals surface area contributed by atoms with Crippen molar-refractivity contribution in [3.05, 3.63) is 47.2 Å². The van der Waals surface area contributed by atoms with Crippen LogP contribution in [0.5, 0.6) is 0 Å². The van der Waals surface area contributed by atoms with Crippen LogP contribution in [0.4, 0.5) is 0 Å². The van der Waals surface area contributed by atoms with Crippen LogP contribution in [0.15, 0.2) is 36.5 Å². The van der Waals surface area contributed by atoms with Gasteiger partial charge in [0.2, 0.25) is 0 Å². The van der Waals surface area contributed by atoms with Crippen molar-refractivity contribution >= 4 is 11.6 Å². The van der Waals surface area contributed by atoms with Crippen LogP contribution in [0.2, 0.25) is 5.02 Å². The molecule has 5 heteroatoms. The van der Waals surface area contributed by atoms with Gasteiger partial charge in [-0.3, -0.25) is 10.2 Å². The van der Waals surface area contributed by atoms with E-state index < -0.39 is 0 Å². The van der Waals surface area contributed by atoms with Crippen molar-refractivity contribution in [3.8, 4) is 22.5 Å². The second-order valence-electron chi connectivity index (χ2n) is 4.11. The Morgan fingerprint density at radius 2 is 2.06 bits per heavy atom. The highest BCUT2D eigenvalue weighted by atomic mass is 35.5. The number of benzene rings is 1. The van der Waals surface area contributed by atoms with Crippen molar-refractivity contribution < 1.29 is 0 Å². The summed E-state index contributed by atoms with van der Waals surface area (Å²) in [5.74, 6) is 0. The molecule has 0 aliphatic heterocycles. The summed E-state index contributed by atoms with van der Waals surface area (Å²) >= 11 is 6.01. The van der Waals surface area contributed by atoms with E-state index in [1.807, 2.05) is 37.3 Å². The Morgan fingerprint density at radius 3 is 2.78 bits per heavy atom. The molecule has 0 amide bonds. The van der Waals surface area contributed by atoms with E-state index in [4.69, 9.17) is 11.6 Å². The summed E-state index contributed by atoms with van der Waals surface area (Å²) < 4.78 is 0. The summed E-state index contributed by atoms with van der Waals surface area (Å²) in [6, 6.07) is 9.66. The number of hydrogen-bond donors (Lipinski definition) is 2. The largest absolute Gasteiger partial charge is 0.282 e. The minimum absolute atomic E-state index is 0.706. The molecule has 3 aromatic rings. The van der Waals surface area contributed by atoms with E-state index in [1.165, 1.54) is 0 Å². The summed E-state index contributed by atoms with van der Waals surface area (Å²) in [5, 5.41) is 14.9. The summed E-state index contributed by atoms with van der Waals surface area (Å²) in [6.45, 7) is 1.96. The van der Waals surface area contributed by atoms with Gasteiger partial charge in [-0.2, -0.15) is 10.2 Å². The maximum absolute atomic E-state index is 6.01. The van der Waals surface area contributed by atoms with E-state index in [2.05, 4.69) is 20.4 Å². The molecule has 3 rings (SSSR count). The van der Waals surface area contributed by atoms with Crippen LogP contribution in [0.25, 0.3) is 22.5 Å². The summed E-state index contributed by atoms with van der Waals surface area (Å²) in [7, 11) is 0. The molecule has 0 saturated carbocycles. The number of aryl methyl sites for hydroxylation is 1. The zero-order valence-electron chi connectivity index (χ0n) is 9.74. The second kappa shape index (κ2) is 4.31. The van der Waals surface area contributed by atoms with Gasteiger partial charge in [-0.05, 0) is 30.7 Å². The number of nitrogens with one attached hydrogen (secondary N) is 2. The zero-order valence-corrected chi connectivity index (χ0v) is 10.5. The second-order valence-corrected chi connectivity index (χ2v) is 4.54. The molecule has 18 heavy (non-hydrogen) atoms. The topological polar surface area (TPSA) is 57.4 Å². The third kappa shape index (κ3) is 1.91. The van der Waals surface area contributed by atoms with Gasteiger partial charge in [0.05, 0.1) is 11.9 Å². The predicted molar refractivity (Wildman–Crippen MR) is 71.4 cm³/mol. The van der Waals surface area contributed by atoms with Crippen molar-refractivity contribution in [3.63, 3.8) is 0 Å². The van der Waals surface area contributed by atoms with Gasteiger partial charge >= 0.3 is 0 Å². The molecule has 0 aliphatic carbocycles. The molecule has 4 nitrogen and oxygen atoms in total.